The molecule has 4 rings (SSSR count). The van der Waals surface area contributed by atoms with Crippen molar-refractivity contribution in [2.45, 2.75) is 6.42 Å². The highest BCUT2D eigenvalue weighted by Gasteiger charge is 2.16. The van der Waals surface area contributed by atoms with Crippen molar-refractivity contribution >= 4 is 0 Å². The Bertz CT molecular complexity index is 1230. The first-order valence-corrected chi connectivity index (χ1v) is 10.1. The summed E-state index contributed by atoms with van der Waals surface area (Å²) >= 11 is 0. The van der Waals surface area contributed by atoms with E-state index in [0.29, 0.717) is 18.1 Å². The summed E-state index contributed by atoms with van der Waals surface area (Å²) in [6.45, 7) is 0.638. The number of para-hydroxylation sites is 2. The fourth-order valence-corrected chi connectivity index (χ4v) is 3.44. The summed E-state index contributed by atoms with van der Waals surface area (Å²) in [6, 6.07) is 27.1. The van der Waals surface area contributed by atoms with Crippen molar-refractivity contribution < 1.29 is 9.47 Å². The number of hydrogen-bond donors (Lipinski definition) is 0. The summed E-state index contributed by atoms with van der Waals surface area (Å²) in [5.74, 6) is 1.42. The van der Waals surface area contributed by atoms with E-state index >= 15 is 0 Å². The maximum Gasteiger partial charge on any atom is 0.267 e. The fraction of sp³-hybridized carbons (Fsp3) is 0.154. The van der Waals surface area contributed by atoms with Gasteiger partial charge in [-0.2, -0.15) is 5.10 Å². The molecule has 0 aliphatic carbocycles. The van der Waals surface area contributed by atoms with Crippen LogP contribution in [0.4, 0.5) is 0 Å². The number of hydrogen-bond acceptors (Lipinski definition) is 4. The fourth-order valence-electron chi connectivity index (χ4n) is 3.44. The second kappa shape index (κ2) is 9.41. The average molecular weight is 412 g/mol. The van der Waals surface area contributed by atoms with Crippen molar-refractivity contribution in [1.29, 1.82) is 0 Å². The minimum Gasteiger partial charge on any atom is -0.457 e. The van der Waals surface area contributed by atoms with Gasteiger partial charge in [-0.1, -0.05) is 54.6 Å². The van der Waals surface area contributed by atoms with Crippen molar-refractivity contribution in [3.05, 3.63) is 101 Å². The van der Waals surface area contributed by atoms with Gasteiger partial charge in [0.1, 0.15) is 17.2 Å². The number of aryl methyl sites for hydroxylation is 1. The van der Waals surface area contributed by atoms with Gasteiger partial charge in [-0.05, 0) is 41.8 Å². The number of ether oxygens (including phenoxy) is 2. The molecule has 0 aliphatic heterocycles. The Hall–Kier alpha value is -3.70. The van der Waals surface area contributed by atoms with Gasteiger partial charge in [0.25, 0.3) is 5.56 Å². The predicted molar refractivity (Wildman–Crippen MR) is 122 cm³/mol. The smallest absolute Gasteiger partial charge is 0.267 e. The molecule has 31 heavy (non-hydrogen) atoms. The molecule has 0 saturated heterocycles. The minimum absolute atomic E-state index is 0.164. The van der Waals surface area contributed by atoms with E-state index in [4.69, 9.17) is 9.47 Å². The first-order valence-electron chi connectivity index (χ1n) is 10.1. The molecule has 0 amide bonds. The molecule has 0 spiro atoms. The largest absolute Gasteiger partial charge is 0.457 e. The van der Waals surface area contributed by atoms with E-state index in [1.165, 1.54) is 4.68 Å². The molecule has 3 aromatic carbocycles. The van der Waals surface area contributed by atoms with Crippen molar-refractivity contribution in [3.63, 3.8) is 0 Å². The number of methoxy groups -OCH3 is 1. The lowest BCUT2D eigenvalue weighted by atomic mass is 9.97. The Kier molecular flexibility index (Phi) is 6.24. The Morgan fingerprint density at radius 3 is 2.45 bits per heavy atom. The quantitative estimate of drug-likeness (QED) is 0.424. The zero-order valence-electron chi connectivity index (χ0n) is 17.6. The van der Waals surface area contributed by atoms with Gasteiger partial charge in [-0.25, -0.2) is 4.68 Å². The van der Waals surface area contributed by atoms with Gasteiger partial charge in [-0.15, -0.1) is 0 Å². The van der Waals surface area contributed by atoms with Crippen LogP contribution >= 0.6 is 0 Å². The second-order valence-corrected chi connectivity index (χ2v) is 7.22. The third-order valence-electron chi connectivity index (χ3n) is 5.04. The zero-order valence-corrected chi connectivity index (χ0v) is 17.6. The summed E-state index contributed by atoms with van der Waals surface area (Å²) < 4.78 is 12.7. The topological polar surface area (TPSA) is 53.4 Å². The molecule has 4 aromatic rings. The van der Waals surface area contributed by atoms with Crippen LogP contribution in [0.1, 0.15) is 5.56 Å². The first-order chi connectivity index (χ1) is 15.2. The van der Waals surface area contributed by atoms with Gasteiger partial charge in [0.15, 0.2) is 0 Å². The van der Waals surface area contributed by atoms with Crippen LogP contribution < -0.4 is 10.3 Å². The molecule has 1 aromatic heterocycles. The SMILES string of the molecule is COCCc1cccc(-c2cc(=O)n(C)nc2-c2ccccc2Oc2ccccc2)c1. The van der Waals surface area contributed by atoms with E-state index in [9.17, 15) is 4.79 Å². The van der Waals surface area contributed by atoms with Crippen LogP contribution in [0.15, 0.2) is 89.7 Å². The average Bonchev–Trinajstić information content (AvgIpc) is 2.80. The molecule has 0 unspecified atom stereocenters. The number of aromatic nitrogens is 2. The van der Waals surface area contributed by atoms with Crippen molar-refractivity contribution in [2.75, 3.05) is 13.7 Å². The standard InChI is InChI=1S/C26H24N2O3/c1-28-25(29)18-23(20-10-8-9-19(17-20)15-16-30-2)26(27-28)22-13-6-7-14-24(22)31-21-11-4-3-5-12-21/h3-14,17-18H,15-16H2,1-2H3. The summed E-state index contributed by atoms with van der Waals surface area (Å²) in [5, 5.41) is 4.61. The number of rotatable bonds is 7. The second-order valence-electron chi connectivity index (χ2n) is 7.22. The van der Waals surface area contributed by atoms with Gasteiger partial charge in [-0.3, -0.25) is 4.79 Å². The Labute approximate surface area is 181 Å². The van der Waals surface area contributed by atoms with Crippen LogP contribution in [0.2, 0.25) is 0 Å². The molecular weight excluding hydrogens is 388 g/mol. The minimum atomic E-state index is -0.164. The van der Waals surface area contributed by atoms with Gasteiger partial charge in [0.2, 0.25) is 0 Å². The van der Waals surface area contributed by atoms with Crippen molar-refractivity contribution in [1.82, 2.24) is 9.78 Å². The van der Waals surface area contributed by atoms with Gasteiger partial charge in [0.05, 0.1) is 6.61 Å². The molecule has 0 saturated carbocycles. The van der Waals surface area contributed by atoms with Crippen LogP contribution in [0.25, 0.3) is 22.4 Å². The van der Waals surface area contributed by atoms with Crippen molar-refractivity contribution in [3.8, 4) is 33.9 Å². The Morgan fingerprint density at radius 2 is 1.65 bits per heavy atom. The number of nitrogens with zero attached hydrogens (tertiary/aromatic N) is 2. The Morgan fingerprint density at radius 1 is 0.871 bits per heavy atom. The monoisotopic (exact) mass is 412 g/mol. The molecule has 5 nitrogen and oxygen atoms in total. The van der Waals surface area contributed by atoms with Crippen LogP contribution in [0.3, 0.4) is 0 Å². The lowest BCUT2D eigenvalue weighted by Gasteiger charge is -2.15. The summed E-state index contributed by atoms with van der Waals surface area (Å²) in [7, 11) is 3.35. The van der Waals surface area contributed by atoms with E-state index < -0.39 is 0 Å². The van der Waals surface area contributed by atoms with E-state index in [1.54, 1.807) is 20.2 Å². The van der Waals surface area contributed by atoms with Crippen molar-refractivity contribution in [2.24, 2.45) is 7.05 Å². The molecule has 5 heteroatoms. The van der Waals surface area contributed by atoms with Crippen LogP contribution in [0.5, 0.6) is 11.5 Å². The normalized spacial score (nSPS) is 10.8. The Balaban J connectivity index is 1.84. The van der Waals surface area contributed by atoms with E-state index in [2.05, 4.69) is 17.2 Å². The summed E-state index contributed by atoms with van der Waals surface area (Å²) in [5.41, 5.74) is 4.19. The van der Waals surface area contributed by atoms with E-state index in [-0.39, 0.29) is 5.56 Å². The van der Waals surface area contributed by atoms with E-state index in [1.807, 2.05) is 66.7 Å². The van der Waals surface area contributed by atoms with E-state index in [0.717, 1.165) is 34.4 Å². The molecule has 0 aliphatic rings. The molecule has 156 valence electrons. The molecule has 1 heterocycles. The molecule has 0 bridgehead atoms. The van der Waals surface area contributed by atoms with Gasteiger partial charge >= 0.3 is 0 Å². The third-order valence-corrected chi connectivity index (χ3v) is 5.04. The predicted octanol–water partition coefficient (Wildman–Crippen LogP) is 5.10. The third kappa shape index (κ3) is 4.73. The highest BCUT2D eigenvalue weighted by atomic mass is 16.5. The van der Waals surface area contributed by atoms with Crippen LogP contribution in [0, 0.1) is 0 Å². The molecule has 0 N–H and O–H groups in total. The van der Waals surface area contributed by atoms with Gasteiger partial charge < -0.3 is 9.47 Å². The lowest BCUT2D eigenvalue weighted by Crippen LogP contribution is -2.19. The number of benzene rings is 3. The molecule has 0 fully saturated rings. The molecule has 0 atom stereocenters. The summed E-state index contributed by atoms with van der Waals surface area (Å²) in [4.78, 5) is 12.5. The maximum atomic E-state index is 12.5. The van der Waals surface area contributed by atoms with Crippen LogP contribution in [-0.2, 0) is 18.2 Å². The first kappa shape index (κ1) is 20.6. The molecular formula is C26H24N2O3. The maximum absolute atomic E-state index is 12.5. The van der Waals surface area contributed by atoms with Gasteiger partial charge in [0, 0.05) is 31.4 Å². The lowest BCUT2D eigenvalue weighted by molar-refractivity contribution is 0.202. The summed E-state index contributed by atoms with van der Waals surface area (Å²) in [6.07, 6.45) is 0.797. The molecule has 0 radical (unpaired) electrons. The highest BCUT2D eigenvalue weighted by Crippen LogP contribution is 2.37. The zero-order chi connectivity index (χ0) is 21.6. The van der Waals surface area contributed by atoms with Crippen LogP contribution in [-0.4, -0.2) is 23.5 Å². The highest BCUT2D eigenvalue weighted by molar-refractivity contribution is 5.83.